The predicted molar refractivity (Wildman–Crippen MR) is 102 cm³/mol. The Hall–Kier alpha value is -1.55. The van der Waals surface area contributed by atoms with E-state index in [4.69, 9.17) is 14.9 Å². The summed E-state index contributed by atoms with van der Waals surface area (Å²) in [5.41, 5.74) is 8.06. The smallest absolute Gasteiger partial charge is 0.311 e. The molecular weight excluding hydrogens is 326 g/mol. The summed E-state index contributed by atoms with van der Waals surface area (Å²) >= 11 is 0. The molecule has 0 aromatic carbocycles. The molecule has 0 bridgehead atoms. The lowest BCUT2D eigenvalue weighted by atomic mass is 9.46. The Labute approximate surface area is 157 Å². The molecule has 144 valence electrons. The van der Waals surface area contributed by atoms with Crippen LogP contribution in [0, 0.1) is 22.7 Å². The van der Waals surface area contributed by atoms with E-state index in [2.05, 4.69) is 20.4 Å². The Kier molecular flexibility index (Phi) is 5.34. The maximum atomic E-state index is 12.6. The molecule has 2 aliphatic carbocycles. The highest BCUT2D eigenvalue weighted by Gasteiger charge is 2.57. The minimum atomic E-state index is -0.376. The lowest BCUT2D eigenvalue weighted by molar-refractivity contribution is -0.168. The van der Waals surface area contributed by atoms with Gasteiger partial charge in [0.15, 0.2) is 0 Å². The number of methoxy groups -OCH3 is 1. The van der Waals surface area contributed by atoms with Crippen molar-refractivity contribution in [3.63, 3.8) is 0 Å². The van der Waals surface area contributed by atoms with Gasteiger partial charge in [-0.3, -0.25) is 4.79 Å². The molecule has 0 radical (unpaired) electrons. The topological polar surface area (TPSA) is 65.5 Å². The van der Waals surface area contributed by atoms with Crippen molar-refractivity contribution < 1.29 is 13.9 Å². The summed E-state index contributed by atoms with van der Waals surface area (Å²) in [5.74, 6) is 1.62. The SMILES string of the molecule is C=C1CC[C@H]2[C@@](C)(CCC[C@@]2(C)C(=O)OC)[C@H]1CCc1ccoc1CN. The van der Waals surface area contributed by atoms with Crippen LogP contribution in [0.15, 0.2) is 28.9 Å². The Morgan fingerprint density at radius 2 is 2.19 bits per heavy atom. The summed E-state index contributed by atoms with van der Waals surface area (Å²) in [4.78, 5) is 12.6. The van der Waals surface area contributed by atoms with E-state index < -0.39 is 0 Å². The number of rotatable bonds is 5. The van der Waals surface area contributed by atoms with Gasteiger partial charge >= 0.3 is 5.97 Å². The number of allylic oxidation sites excluding steroid dienone is 1. The van der Waals surface area contributed by atoms with Gasteiger partial charge in [-0.15, -0.1) is 0 Å². The highest BCUT2D eigenvalue weighted by atomic mass is 16.5. The number of carbonyl (C=O) groups excluding carboxylic acids is 1. The lowest BCUT2D eigenvalue weighted by Gasteiger charge is -2.57. The summed E-state index contributed by atoms with van der Waals surface area (Å²) in [6.45, 7) is 9.36. The van der Waals surface area contributed by atoms with Gasteiger partial charge < -0.3 is 14.9 Å². The van der Waals surface area contributed by atoms with Gasteiger partial charge in [0.2, 0.25) is 0 Å². The Morgan fingerprint density at radius 3 is 2.88 bits per heavy atom. The second kappa shape index (κ2) is 7.22. The van der Waals surface area contributed by atoms with E-state index in [1.54, 1.807) is 6.26 Å². The molecule has 2 aliphatic rings. The Bertz CT molecular complexity index is 679. The zero-order valence-electron chi connectivity index (χ0n) is 16.5. The van der Waals surface area contributed by atoms with E-state index in [0.717, 1.165) is 50.7 Å². The molecule has 2 saturated carbocycles. The monoisotopic (exact) mass is 359 g/mol. The number of hydrogen-bond acceptors (Lipinski definition) is 4. The van der Waals surface area contributed by atoms with Crippen LogP contribution in [-0.2, 0) is 22.5 Å². The van der Waals surface area contributed by atoms with Crippen molar-refractivity contribution in [1.82, 2.24) is 0 Å². The van der Waals surface area contributed by atoms with Crippen LogP contribution in [0.5, 0.6) is 0 Å². The van der Waals surface area contributed by atoms with Crippen LogP contribution in [0.4, 0.5) is 0 Å². The minimum Gasteiger partial charge on any atom is -0.469 e. The molecule has 1 aromatic heterocycles. The number of furan rings is 1. The molecule has 0 aliphatic heterocycles. The van der Waals surface area contributed by atoms with E-state index in [1.165, 1.54) is 18.2 Å². The van der Waals surface area contributed by atoms with Crippen LogP contribution in [0.2, 0.25) is 0 Å². The van der Waals surface area contributed by atoms with Gasteiger partial charge in [-0.05, 0) is 74.3 Å². The van der Waals surface area contributed by atoms with E-state index in [1.807, 2.05) is 6.07 Å². The van der Waals surface area contributed by atoms with Gasteiger partial charge in [-0.1, -0.05) is 25.5 Å². The molecule has 26 heavy (non-hydrogen) atoms. The van der Waals surface area contributed by atoms with Crippen molar-refractivity contribution in [3.05, 3.63) is 35.8 Å². The Morgan fingerprint density at radius 1 is 1.42 bits per heavy atom. The normalized spacial score (nSPS) is 34.4. The van der Waals surface area contributed by atoms with E-state index >= 15 is 0 Å². The standard InChI is InChI=1S/C22H33NO3/c1-15-6-9-19-21(2,11-5-12-22(19,3)20(24)25-4)17(15)8-7-16-10-13-26-18(16)14-23/h10,13,17,19H,1,5-9,11-12,14,23H2,2-4H3/t17-,19-,21-,22+/m0/s1. The highest BCUT2D eigenvalue weighted by Crippen LogP contribution is 2.62. The lowest BCUT2D eigenvalue weighted by Crippen LogP contribution is -2.53. The average molecular weight is 360 g/mol. The third kappa shape index (κ3) is 3.02. The number of fused-ring (bicyclic) bond motifs is 1. The van der Waals surface area contributed by atoms with Gasteiger partial charge in [-0.25, -0.2) is 0 Å². The molecule has 1 heterocycles. The molecule has 4 atom stereocenters. The Balaban J connectivity index is 1.85. The number of carbonyl (C=O) groups is 1. The molecule has 4 nitrogen and oxygen atoms in total. The van der Waals surface area contributed by atoms with Crippen molar-refractivity contribution in [2.45, 2.75) is 65.3 Å². The molecule has 0 saturated heterocycles. The van der Waals surface area contributed by atoms with Crippen molar-refractivity contribution >= 4 is 5.97 Å². The summed E-state index contributed by atoms with van der Waals surface area (Å²) < 4.78 is 10.7. The molecule has 2 fully saturated rings. The first-order valence-electron chi connectivity index (χ1n) is 9.88. The molecule has 1 aromatic rings. The van der Waals surface area contributed by atoms with Crippen molar-refractivity contribution in [2.75, 3.05) is 7.11 Å². The van der Waals surface area contributed by atoms with Crippen LogP contribution in [0.1, 0.15) is 63.7 Å². The van der Waals surface area contributed by atoms with Gasteiger partial charge in [0, 0.05) is 0 Å². The van der Waals surface area contributed by atoms with Gasteiger partial charge in [0.05, 0.1) is 25.3 Å². The number of ether oxygens (including phenoxy) is 1. The van der Waals surface area contributed by atoms with Crippen LogP contribution in [-0.4, -0.2) is 13.1 Å². The number of esters is 1. The van der Waals surface area contributed by atoms with Gasteiger partial charge in [0.1, 0.15) is 5.76 Å². The zero-order chi connectivity index (χ0) is 18.9. The molecule has 0 unspecified atom stereocenters. The van der Waals surface area contributed by atoms with Crippen molar-refractivity contribution in [1.29, 1.82) is 0 Å². The number of aryl methyl sites for hydroxylation is 1. The molecule has 0 spiro atoms. The second-order valence-corrected chi connectivity index (χ2v) is 8.68. The molecular formula is C22H33NO3. The zero-order valence-corrected chi connectivity index (χ0v) is 16.5. The van der Waals surface area contributed by atoms with Crippen LogP contribution >= 0.6 is 0 Å². The maximum absolute atomic E-state index is 12.6. The van der Waals surface area contributed by atoms with E-state index in [-0.39, 0.29) is 16.8 Å². The van der Waals surface area contributed by atoms with Crippen LogP contribution in [0.25, 0.3) is 0 Å². The maximum Gasteiger partial charge on any atom is 0.311 e. The summed E-state index contributed by atoms with van der Waals surface area (Å²) in [5, 5.41) is 0. The number of hydrogen-bond donors (Lipinski definition) is 1. The second-order valence-electron chi connectivity index (χ2n) is 8.68. The molecule has 4 heteroatoms. The first-order valence-corrected chi connectivity index (χ1v) is 9.88. The first-order chi connectivity index (χ1) is 12.4. The minimum absolute atomic E-state index is 0.0417. The first kappa shape index (κ1) is 19.2. The van der Waals surface area contributed by atoms with Crippen molar-refractivity contribution in [2.24, 2.45) is 28.4 Å². The fourth-order valence-corrected chi connectivity index (χ4v) is 6.03. The summed E-state index contributed by atoms with van der Waals surface area (Å²) in [6.07, 6.45) is 8.92. The summed E-state index contributed by atoms with van der Waals surface area (Å²) in [7, 11) is 1.52. The largest absolute Gasteiger partial charge is 0.469 e. The third-order valence-electron chi connectivity index (χ3n) is 7.40. The van der Waals surface area contributed by atoms with Gasteiger partial charge in [0.25, 0.3) is 0 Å². The highest BCUT2D eigenvalue weighted by molar-refractivity contribution is 5.77. The third-order valence-corrected chi connectivity index (χ3v) is 7.40. The fourth-order valence-electron chi connectivity index (χ4n) is 6.03. The van der Waals surface area contributed by atoms with Crippen molar-refractivity contribution in [3.8, 4) is 0 Å². The van der Waals surface area contributed by atoms with E-state index in [9.17, 15) is 4.79 Å². The summed E-state index contributed by atoms with van der Waals surface area (Å²) in [6, 6.07) is 2.03. The number of nitrogens with two attached hydrogens (primary N) is 1. The van der Waals surface area contributed by atoms with Crippen LogP contribution in [0.3, 0.4) is 0 Å². The van der Waals surface area contributed by atoms with Crippen LogP contribution < -0.4 is 5.73 Å². The fraction of sp³-hybridized carbons (Fsp3) is 0.682. The quantitative estimate of drug-likeness (QED) is 0.615. The van der Waals surface area contributed by atoms with Gasteiger partial charge in [-0.2, -0.15) is 0 Å². The predicted octanol–water partition coefficient (Wildman–Crippen LogP) is 4.62. The van der Waals surface area contributed by atoms with E-state index in [0.29, 0.717) is 18.4 Å². The molecule has 2 N–H and O–H groups in total. The molecule has 0 amide bonds. The molecule has 3 rings (SSSR count). The average Bonchev–Trinajstić information content (AvgIpc) is 3.07.